The van der Waals surface area contributed by atoms with Crippen LogP contribution in [0.15, 0.2) is 27.6 Å². The quantitative estimate of drug-likeness (QED) is 0.795. The predicted molar refractivity (Wildman–Crippen MR) is 72.6 cm³/mol. The number of nitrogens with zero attached hydrogens (tertiary/aromatic N) is 1. The highest BCUT2D eigenvalue weighted by atomic mass is 79.9. The molecule has 18 heavy (non-hydrogen) atoms. The third-order valence-electron chi connectivity index (χ3n) is 3.01. The van der Waals surface area contributed by atoms with Crippen molar-refractivity contribution in [3.05, 3.63) is 22.7 Å². The normalized spacial score (nSPS) is 25.5. The predicted octanol–water partition coefficient (Wildman–Crippen LogP) is 1.18. The fourth-order valence-corrected chi connectivity index (χ4v) is 4.04. The molecule has 1 aliphatic rings. The molecule has 2 rings (SSSR count). The van der Waals surface area contributed by atoms with Gasteiger partial charge < -0.3 is 10.8 Å². The average Bonchev–Trinajstić information content (AvgIpc) is 2.58. The molecule has 0 aliphatic carbocycles. The molecule has 1 unspecified atom stereocenters. The zero-order valence-corrected chi connectivity index (χ0v) is 12.3. The van der Waals surface area contributed by atoms with Gasteiger partial charge in [0.2, 0.25) is 10.0 Å². The minimum absolute atomic E-state index is 0.0865. The number of sulfonamides is 1. The zero-order valence-electron chi connectivity index (χ0n) is 9.93. The van der Waals surface area contributed by atoms with Crippen LogP contribution in [-0.2, 0) is 10.0 Å². The van der Waals surface area contributed by atoms with Crippen molar-refractivity contribution in [2.75, 3.05) is 18.8 Å². The molecule has 0 bridgehead atoms. The van der Waals surface area contributed by atoms with E-state index >= 15 is 0 Å². The Morgan fingerprint density at radius 1 is 1.50 bits per heavy atom. The Hall–Kier alpha value is -0.630. The maximum Gasteiger partial charge on any atom is 0.245 e. The van der Waals surface area contributed by atoms with Crippen molar-refractivity contribution in [2.45, 2.75) is 23.8 Å². The summed E-state index contributed by atoms with van der Waals surface area (Å²) in [5.41, 5.74) is 4.99. The molecule has 1 aromatic rings. The van der Waals surface area contributed by atoms with Crippen LogP contribution in [0.2, 0.25) is 0 Å². The van der Waals surface area contributed by atoms with Crippen LogP contribution < -0.4 is 5.73 Å². The van der Waals surface area contributed by atoms with Crippen molar-refractivity contribution in [2.24, 2.45) is 0 Å². The van der Waals surface area contributed by atoms with Crippen LogP contribution in [0.25, 0.3) is 0 Å². The van der Waals surface area contributed by atoms with E-state index in [0.717, 1.165) is 4.47 Å². The molecular formula is C11H15BrN2O3S. The van der Waals surface area contributed by atoms with E-state index in [1.165, 1.54) is 10.4 Å². The highest BCUT2D eigenvalue weighted by molar-refractivity contribution is 9.10. The van der Waals surface area contributed by atoms with Crippen molar-refractivity contribution in [1.29, 1.82) is 0 Å². The number of rotatable bonds is 2. The molecule has 100 valence electrons. The number of β-amino-alcohol motifs (C(OH)–C–C–N with tert-alkyl or cyclic N) is 1. The lowest BCUT2D eigenvalue weighted by Gasteiger charge is -2.19. The molecule has 1 saturated heterocycles. The van der Waals surface area contributed by atoms with Gasteiger partial charge >= 0.3 is 0 Å². The van der Waals surface area contributed by atoms with Crippen molar-refractivity contribution in [1.82, 2.24) is 4.31 Å². The van der Waals surface area contributed by atoms with Gasteiger partial charge in [-0.05, 0) is 31.5 Å². The van der Waals surface area contributed by atoms with E-state index in [2.05, 4.69) is 15.9 Å². The lowest BCUT2D eigenvalue weighted by molar-refractivity contribution is 0.0762. The van der Waals surface area contributed by atoms with Gasteiger partial charge in [0.05, 0.1) is 11.3 Å². The van der Waals surface area contributed by atoms with Crippen LogP contribution in [0.5, 0.6) is 0 Å². The number of hydrogen-bond donors (Lipinski definition) is 2. The smallest absolute Gasteiger partial charge is 0.245 e. The van der Waals surface area contributed by atoms with Gasteiger partial charge in [0.1, 0.15) is 4.90 Å². The fraction of sp³-hybridized carbons (Fsp3) is 0.455. The number of benzene rings is 1. The summed E-state index contributed by atoms with van der Waals surface area (Å²) in [7, 11) is -3.63. The van der Waals surface area contributed by atoms with Crippen molar-refractivity contribution >= 4 is 31.6 Å². The van der Waals surface area contributed by atoms with Gasteiger partial charge in [0.15, 0.2) is 0 Å². The molecule has 1 aromatic carbocycles. The number of anilines is 1. The first-order valence-corrected chi connectivity index (χ1v) is 7.73. The molecule has 1 fully saturated rings. The van der Waals surface area contributed by atoms with E-state index in [4.69, 9.17) is 5.73 Å². The van der Waals surface area contributed by atoms with E-state index in [1.807, 2.05) is 0 Å². The number of halogens is 1. The van der Waals surface area contributed by atoms with Gasteiger partial charge in [-0.25, -0.2) is 8.42 Å². The zero-order chi connectivity index (χ0) is 13.6. The summed E-state index contributed by atoms with van der Waals surface area (Å²) >= 11 is 3.24. The maximum atomic E-state index is 12.4. The molecule has 0 saturated carbocycles. The number of hydrogen-bond acceptors (Lipinski definition) is 4. The van der Waals surface area contributed by atoms with Gasteiger partial charge in [-0.15, -0.1) is 0 Å². The summed E-state index contributed by atoms with van der Waals surface area (Å²) in [6.45, 7) is 2.04. The van der Waals surface area contributed by atoms with Crippen LogP contribution in [0.1, 0.15) is 13.3 Å². The first kappa shape index (κ1) is 13.8. The van der Waals surface area contributed by atoms with Crippen molar-refractivity contribution in [3.63, 3.8) is 0 Å². The molecule has 7 heteroatoms. The second kappa shape index (κ2) is 4.48. The first-order chi connectivity index (χ1) is 8.22. The second-order valence-electron chi connectivity index (χ2n) is 4.77. The van der Waals surface area contributed by atoms with Crippen molar-refractivity contribution < 1.29 is 13.5 Å². The Labute approximate surface area is 115 Å². The van der Waals surface area contributed by atoms with Crippen molar-refractivity contribution in [3.8, 4) is 0 Å². The van der Waals surface area contributed by atoms with Crippen LogP contribution in [-0.4, -0.2) is 36.5 Å². The molecule has 1 heterocycles. The fourth-order valence-electron chi connectivity index (χ4n) is 2.00. The maximum absolute atomic E-state index is 12.4. The minimum atomic E-state index is -3.63. The van der Waals surface area contributed by atoms with Gasteiger partial charge in [-0.2, -0.15) is 4.31 Å². The Balaban J connectivity index is 2.38. The molecule has 3 N–H and O–H groups in total. The van der Waals surface area contributed by atoms with Gasteiger partial charge in [-0.1, -0.05) is 15.9 Å². The molecule has 0 amide bonds. The first-order valence-electron chi connectivity index (χ1n) is 5.50. The molecule has 1 atom stereocenters. The summed E-state index contributed by atoms with van der Waals surface area (Å²) in [6, 6.07) is 4.67. The topological polar surface area (TPSA) is 83.6 Å². The molecule has 5 nitrogen and oxygen atoms in total. The number of nitrogen functional groups attached to an aromatic ring is 1. The molecule has 1 aliphatic heterocycles. The minimum Gasteiger partial charge on any atom is -0.398 e. The summed E-state index contributed by atoms with van der Waals surface area (Å²) in [4.78, 5) is 0.0865. The lowest BCUT2D eigenvalue weighted by Crippen LogP contribution is -2.34. The van der Waals surface area contributed by atoms with Crippen LogP contribution >= 0.6 is 15.9 Å². The Bertz CT molecular complexity index is 572. The van der Waals surface area contributed by atoms with Crippen LogP contribution in [0, 0.1) is 0 Å². The lowest BCUT2D eigenvalue weighted by atomic mass is 10.1. The second-order valence-corrected chi connectivity index (χ2v) is 7.59. The summed E-state index contributed by atoms with van der Waals surface area (Å²) in [6.07, 6.45) is 0.433. The third kappa shape index (κ3) is 2.54. The van der Waals surface area contributed by atoms with E-state index < -0.39 is 15.6 Å². The standard InChI is InChI=1S/C11H15BrN2O3S/c1-11(15)4-5-14(7-11)18(16,17)10-3-2-8(12)6-9(10)13/h2-3,6,15H,4-5,7,13H2,1H3. The third-order valence-corrected chi connectivity index (χ3v) is 5.42. The SMILES string of the molecule is CC1(O)CCN(S(=O)(=O)c2ccc(Br)cc2N)C1. The Morgan fingerprint density at radius 2 is 2.17 bits per heavy atom. The number of aliphatic hydroxyl groups is 1. The van der Waals surface area contributed by atoms with Gasteiger partial charge in [-0.3, -0.25) is 0 Å². The molecule has 0 radical (unpaired) electrons. The highest BCUT2D eigenvalue weighted by Gasteiger charge is 2.39. The van der Waals surface area contributed by atoms with E-state index in [0.29, 0.717) is 13.0 Å². The summed E-state index contributed by atoms with van der Waals surface area (Å²) < 4.78 is 26.7. The largest absolute Gasteiger partial charge is 0.398 e. The van der Waals surface area contributed by atoms with Crippen LogP contribution in [0.3, 0.4) is 0 Å². The summed E-state index contributed by atoms with van der Waals surface area (Å²) in [5, 5.41) is 9.84. The molecular weight excluding hydrogens is 320 g/mol. The van der Waals surface area contributed by atoms with E-state index in [9.17, 15) is 13.5 Å². The Kier molecular flexibility index (Phi) is 3.44. The number of nitrogens with two attached hydrogens (primary N) is 1. The van der Waals surface area contributed by atoms with Gasteiger partial charge in [0, 0.05) is 17.6 Å². The molecule has 0 spiro atoms. The summed E-state index contributed by atoms with van der Waals surface area (Å²) in [5.74, 6) is 0. The monoisotopic (exact) mass is 334 g/mol. The van der Waals surface area contributed by atoms with Gasteiger partial charge in [0.25, 0.3) is 0 Å². The average molecular weight is 335 g/mol. The van der Waals surface area contributed by atoms with Crippen LogP contribution in [0.4, 0.5) is 5.69 Å². The highest BCUT2D eigenvalue weighted by Crippen LogP contribution is 2.30. The Morgan fingerprint density at radius 3 is 2.67 bits per heavy atom. The van der Waals surface area contributed by atoms with E-state index in [1.54, 1.807) is 19.1 Å². The van der Waals surface area contributed by atoms with E-state index in [-0.39, 0.29) is 17.1 Å². The molecule has 0 aromatic heterocycles.